The Morgan fingerprint density at radius 1 is 1.50 bits per heavy atom. The Hall–Kier alpha value is -0.570. The molecule has 1 rings (SSSR count). The van der Waals surface area contributed by atoms with Crippen LogP contribution < -0.4 is 5.32 Å². The molecular formula is C13H26N2O. The summed E-state index contributed by atoms with van der Waals surface area (Å²) in [7, 11) is 1.94. The number of carbonyl (C=O) groups is 1. The number of hydrogen-bond donors (Lipinski definition) is 1. The van der Waals surface area contributed by atoms with Gasteiger partial charge < -0.3 is 10.2 Å². The normalized spacial score (nSPS) is 21.9. The van der Waals surface area contributed by atoms with Crippen LogP contribution in [-0.2, 0) is 4.79 Å². The summed E-state index contributed by atoms with van der Waals surface area (Å²) in [6, 6.07) is 0. The van der Waals surface area contributed by atoms with Gasteiger partial charge in [0.05, 0.1) is 0 Å². The van der Waals surface area contributed by atoms with Crippen LogP contribution >= 0.6 is 0 Å². The van der Waals surface area contributed by atoms with Crippen LogP contribution in [0, 0.1) is 11.3 Å². The zero-order valence-electron chi connectivity index (χ0n) is 11.2. The molecule has 0 radical (unpaired) electrons. The summed E-state index contributed by atoms with van der Waals surface area (Å²) in [4.78, 5) is 14.1. The second-order valence-corrected chi connectivity index (χ2v) is 5.64. The van der Waals surface area contributed by atoms with Gasteiger partial charge in [-0.3, -0.25) is 4.79 Å². The summed E-state index contributed by atoms with van der Waals surface area (Å²) < 4.78 is 0. The fraction of sp³-hybridized carbons (Fsp3) is 0.923. The number of piperidine rings is 1. The standard InChI is InChI=1S/C13H26N2O/c1-5-13(2,3)12(16)15(4)10-11-7-6-8-14-9-11/h11,14H,5-10H2,1-4H3. The van der Waals surface area contributed by atoms with E-state index >= 15 is 0 Å². The van der Waals surface area contributed by atoms with Crippen LogP contribution in [0.5, 0.6) is 0 Å². The number of hydrogen-bond acceptors (Lipinski definition) is 2. The Labute approximate surface area is 99.6 Å². The zero-order chi connectivity index (χ0) is 12.2. The van der Waals surface area contributed by atoms with Crippen molar-refractivity contribution in [2.45, 2.75) is 40.0 Å². The van der Waals surface area contributed by atoms with E-state index in [1.807, 2.05) is 25.8 Å². The van der Waals surface area contributed by atoms with Gasteiger partial charge in [0.15, 0.2) is 0 Å². The molecule has 94 valence electrons. The molecule has 0 saturated carbocycles. The van der Waals surface area contributed by atoms with E-state index in [9.17, 15) is 4.79 Å². The highest BCUT2D eigenvalue weighted by molar-refractivity contribution is 5.81. The van der Waals surface area contributed by atoms with E-state index in [0.717, 1.165) is 26.1 Å². The van der Waals surface area contributed by atoms with E-state index < -0.39 is 0 Å². The lowest BCUT2D eigenvalue weighted by atomic mass is 9.88. The Bertz CT molecular complexity index is 232. The summed E-state index contributed by atoms with van der Waals surface area (Å²) >= 11 is 0. The molecule has 1 fully saturated rings. The van der Waals surface area contributed by atoms with Gasteiger partial charge in [-0.1, -0.05) is 20.8 Å². The smallest absolute Gasteiger partial charge is 0.227 e. The van der Waals surface area contributed by atoms with Crippen molar-refractivity contribution in [2.75, 3.05) is 26.7 Å². The van der Waals surface area contributed by atoms with Crippen molar-refractivity contribution in [1.82, 2.24) is 10.2 Å². The molecule has 3 heteroatoms. The number of nitrogens with one attached hydrogen (secondary N) is 1. The van der Waals surface area contributed by atoms with Gasteiger partial charge in [-0.05, 0) is 38.3 Å². The molecule has 1 unspecified atom stereocenters. The number of rotatable bonds is 4. The molecule has 16 heavy (non-hydrogen) atoms. The van der Waals surface area contributed by atoms with Crippen molar-refractivity contribution in [3.63, 3.8) is 0 Å². The van der Waals surface area contributed by atoms with Gasteiger partial charge in [-0.25, -0.2) is 0 Å². The maximum atomic E-state index is 12.2. The van der Waals surface area contributed by atoms with E-state index in [4.69, 9.17) is 0 Å². The van der Waals surface area contributed by atoms with Gasteiger partial charge in [0, 0.05) is 19.0 Å². The highest BCUT2D eigenvalue weighted by atomic mass is 16.2. The fourth-order valence-corrected chi connectivity index (χ4v) is 2.22. The molecule has 1 N–H and O–H groups in total. The first-order valence-corrected chi connectivity index (χ1v) is 6.43. The summed E-state index contributed by atoms with van der Waals surface area (Å²) in [6.07, 6.45) is 3.39. The summed E-state index contributed by atoms with van der Waals surface area (Å²) in [5, 5.41) is 3.39. The predicted molar refractivity (Wildman–Crippen MR) is 67.3 cm³/mol. The number of nitrogens with zero attached hydrogens (tertiary/aromatic N) is 1. The van der Waals surface area contributed by atoms with E-state index in [1.165, 1.54) is 12.8 Å². The molecule has 1 saturated heterocycles. The number of amides is 1. The first-order valence-electron chi connectivity index (χ1n) is 6.43. The van der Waals surface area contributed by atoms with Crippen molar-refractivity contribution >= 4 is 5.91 Å². The van der Waals surface area contributed by atoms with Gasteiger partial charge in [0.2, 0.25) is 5.91 Å². The van der Waals surface area contributed by atoms with Gasteiger partial charge >= 0.3 is 0 Å². The third-order valence-electron chi connectivity index (χ3n) is 3.74. The lowest BCUT2D eigenvalue weighted by Crippen LogP contribution is -2.43. The monoisotopic (exact) mass is 226 g/mol. The molecule has 0 aromatic carbocycles. The molecule has 0 spiro atoms. The molecule has 0 bridgehead atoms. The Morgan fingerprint density at radius 2 is 2.19 bits per heavy atom. The van der Waals surface area contributed by atoms with E-state index in [-0.39, 0.29) is 11.3 Å². The highest BCUT2D eigenvalue weighted by Crippen LogP contribution is 2.23. The van der Waals surface area contributed by atoms with Crippen LogP contribution in [0.25, 0.3) is 0 Å². The number of carbonyl (C=O) groups excluding carboxylic acids is 1. The SMILES string of the molecule is CCC(C)(C)C(=O)N(C)CC1CCCNC1. The first-order chi connectivity index (χ1) is 7.47. The highest BCUT2D eigenvalue weighted by Gasteiger charge is 2.29. The molecule has 0 aliphatic carbocycles. The molecule has 1 aliphatic heterocycles. The van der Waals surface area contributed by atoms with E-state index in [0.29, 0.717) is 5.92 Å². The topological polar surface area (TPSA) is 32.3 Å². The van der Waals surface area contributed by atoms with Crippen molar-refractivity contribution in [2.24, 2.45) is 11.3 Å². The maximum absolute atomic E-state index is 12.2. The van der Waals surface area contributed by atoms with Gasteiger partial charge in [0.1, 0.15) is 0 Å². The van der Waals surface area contributed by atoms with Crippen LogP contribution in [0.3, 0.4) is 0 Å². The fourth-order valence-electron chi connectivity index (χ4n) is 2.22. The van der Waals surface area contributed by atoms with Crippen molar-refractivity contribution in [3.8, 4) is 0 Å². The minimum absolute atomic E-state index is 0.211. The Balaban J connectivity index is 2.44. The summed E-state index contributed by atoms with van der Waals surface area (Å²) in [6.45, 7) is 9.23. The lowest BCUT2D eigenvalue weighted by molar-refractivity contribution is -0.139. The third-order valence-corrected chi connectivity index (χ3v) is 3.74. The second kappa shape index (κ2) is 5.67. The van der Waals surface area contributed by atoms with Crippen LogP contribution in [-0.4, -0.2) is 37.5 Å². The van der Waals surface area contributed by atoms with Crippen LogP contribution in [0.15, 0.2) is 0 Å². The maximum Gasteiger partial charge on any atom is 0.227 e. The van der Waals surface area contributed by atoms with Gasteiger partial charge in [-0.15, -0.1) is 0 Å². The summed E-state index contributed by atoms with van der Waals surface area (Å²) in [5.74, 6) is 0.913. The average Bonchev–Trinajstić information content (AvgIpc) is 2.29. The molecule has 1 aliphatic rings. The quantitative estimate of drug-likeness (QED) is 0.794. The molecule has 1 atom stereocenters. The van der Waals surface area contributed by atoms with Gasteiger partial charge in [0.25, 0.3) is 0 Å². The lowest BCUT2D eigenvalue weighted by Gasteiger charge is -2.32. The predicted octanol–water partition coefficient (Wildman–Crippen LogP) is 1.88. The van der Waals surface area contributed by atoms with Crippen molar-refractivity contribution in [3.05, 3.63) is 0 Å². The molecule has 1 heterocycles. The average molecular weight is 226 g/mol. The minimum Gasteiger partial charge on any atom is -0.345 e. The molecule has 1 amide bonds. The largest absolute Gasteiger partial charge is 0.345 e. The Morgan fingerprint density at radius 3 is 2.69 bits per heavy atom. The van der Waals surface area contributed by atoms with Crippen LogP contribution in [0.1, 0.15) is 40.0 Å². The zero-order valence-corrected chi connectivity index (χ0v) is 11.2. The second-order valence-electron chi connectivity index (χ2n) is 5.64. The molecule has 0 aromatic rings. The van der Waals surface area contributed by atoms with Crippen LogP contribution in [0.4, 0.5) is 0 Å². The van der Waals surface area contributed by atoms with E-state index in [2.05, 4.69) is 12.2 Å². The molecule has 3 nitrogen and oxygen atoms in total. The Kier molecular flexibility index (Phi) is 4.78. The van der Waals surface area contributed by atoms with Crippen molar-refractivity contribution < 1.29 is 4.79 Å². The molecule has 0 aromatic heterocycles. The van der Waals surface area contributed by atoms with E-state index in [1.54, 1.807) is 0 Å². The third kappa shape index (κ3) is 3.48. The first kappa shape index (κ1) is 13.5. The van der Waals surface area contributed by atoms with Crippen molar-refractivity contribution in [1.29, 1.82) is 0 Å². The summed E-state index contributed by atoms with van der Waals surface area (Å²) in [5.41, 5.74) is -0.211. The van der Waals surface area contributed by atoms with Crippen LogP contribution in [0.2, 0.25) is 0 Å². The minimum atomic E-state index is -0.211. The molecular weight excluding hydrogens is 200 g/mol. The van der Waals surface area contributed by atoms with Gasteiger partial charge in [-0.2, -0.15) is 0 Å².